The highest BCUT2D eigenvalue weighted by Gasteiger charge is 2.30. The molecule has 0 aromatic carbocycles. The van der Waals surface area contributed by atoms with Gasteiger partial charge in [0.1, 0.15) is 18.1 Å². The van der Waals surface area contributed by atoms with Crippen molar-refractivity contribution in [1.82, 2.24) is 16.0 Å². The van der Waals surface area contributed by atoms with E-state index in [0.717, 1.165) is 0 Å². The van der Waals surface area contributed by atoms with Crippen molar-refractivity contribution in [2.24, 2.45) is 17.2 Å². The molecule has 0 aliphatic heterocycles. The molecule has 0 rings (SSSR count). The highest BCUT2D eigenvalue weighted by molar-refractivity contribution is 5.94. The number of aliphatic carboxylic acids is 2. The number of hydrogen-bond acceptors (Lipinski definition) is 9. The Morgan fingerprint density at radius 1 is 0.735 bits per heavy atom. The van der Waals surface area contributed by atoms with E-state index in [1.54, 1.807) is 0 Å². The highest BCUT2D eigenvalue weighted by Crippen LogP contribution is 2.04. The van der Waals surface area contributed by atoms with Crippen LogP contribution in [-0.4, -0.2) is 88.2 Å². The number of nitrogens with one attached hydrogen (secondary N) is 3. The van der Waals surface area contributed by atoms with Gasteiger partial charge in [0.2, 0.25) is 23.6 Å². The van der Waals surface area contributed by atoms with Crippen molar-refractivity contribution in [2.75, 3.05) is 13.2 Å². The third-order valence-electron chi connectivity index (χ3n) is 4.70. The van der Waals surface area contributed by atoms with Crippen molar-refractivity contribution >= 4 is 35.6 Å². The van der Waals surface area contributed by atoms with Crippen LogP contribution >= 0.6 is 0 Å². The summed E-state index contributed by atoms with van der Waals surface area (Å²) in [4.78, 5) is 70.5. The number of primary amides is 1. The van der Waals surface area contributed by atoms with E-state index in [2.05, 4.69) is 16.0 Å². The predicted octanol–water partition coefficient (Wildman–Crippen LogP) is -3.90. The molecule has 0 radical (unpaired) electrons. The molecule has 0 aliphatic rings. The number of aliphatic hydroxyl groups is 1. The van der Waals surface area contributed by atoms with E-state index in [9.17, 15) is 39.0 Å². The lowest BCUT2D eigenvalue weighted by Crippen LogP contribution is -2.58. The normalized spacial score (nSPS) is 14.2. The largest absolute Gasteiger partial charge is 0.481 e. The van der Waals surface area contributed by atoms with Crippen molar-refractivity contribution < 1.29 is 44.1 Å². The van der Waals surface area contributed by atoms with Crippen LogP contribution in [0.5, 0.6) is 0 Å². The molecule has 15 nitrogen and oxygen atoms in total. The van der Waals surface area contributed by atoms with E-state index in [1.165, 1.54) is 0 Å². The molecule has 0 spiro atoms. The molecule has 0 heterocycles. The van der Waals surface area contributed by atoms with Crippen LogP contribution in [0.3, 0.4) is 0 Å². The zero-order valence-corrected chi connectivity index (χ0v) is 18.7. The molecule has 0 fully saturated rings. The van der Waals surface area contributed by atoms with Crippen LogP contribution in [0, 0.1) is 0 Å². The number of carbonyl (C=O) groups is 6. The SMILES string of the molecule is NCCCCC(N)C(=O)NC(CO)C(=O)NC(CCC(N)=O)C(=O)NC(CCC(=O)O)C(=O)O. The van der Waals surface area contributed by atoms with Crippen LogP contribution in [-0.2, 0) is 28.8 Å². The monoisotopic (exact) mass is 490 g/mol. The minimum Gasteiger partial charge on any atom is -0.481 e. The molecule has 0 bridgehead atoms. The van der Waals surface area contributed by atoms with Gasteiger partial charge >= 0.3 is 11.9 Å². The highest BCUT2D eigenvalue weighted by atomic mass is 16.4. The van der Waals surface area contributed by atoms with Crippen molar-refractivity contribution in [1.29, 1.82) is 0 Å². The molecule has 12 N–H and O–H groups in total. The minimum atomic E-state index is -1.57. The summed E-state index contributed by atoms with van der Waals surface area (Å²) in [6.45, 7) is -0.419. The van der Waals surface area contributed by atoms with Crippen molar-refractivity contribution in [3.05, 3.63) is 0 Å². The number of carboxylic acids is 2. The number of carbonyl (C=O) groups excluding carboxylic acids is 4. The van der Waals surface area contributed by atoms with Gasteiger partial charge in [-0.2, -0.15) is 0 Å². The summed E-state index contributed by atoms with van der Waals surface area (Å²) in [5.41, 5.74) is 16.2. The molecule has 4 atom stereocenters. The Balaban J connectivity index is 5.27. The van der Waals surface area contributed by atoms with E-state index in [1.807, 2.05) is 0 Å². The molecular formula is C19H34N6O9. The Morgan fingerprint density at radius 2 is 1.26 bits per heavy atom. The predicted molar refractivity (Wildman–Crippen MR) is 117 cm³/mol. The van der Waals surface area contributed by atoms with Gasteiger partial charge in [0.25, 0.3) is 0 Å². The molecule has 15 heteroatoms. The number of amides is 4. The first-order valence-electron chi connectivity index (χ1n) is 10.6. The number of carboxylic acid groups (broad SMARTS) is 2. The summed E-state index contributed by atoms with van der Waals surface area (Å²) in [5.74, 6) is -6.31. The zero-order valence-electron chi connectivity index (χ0n) is 18.7. The van der Waals surface area contributed by atoms with Crippen molar-refractivity contribution in [3.63, 3.8) is 0 Å². The maximum Gasteiger partial charge on any atom is 0.326 e. The molecular weight excluding hydrogens is 456 g/mol. The van der Waals surface area contributed by atoms with Crippen LogP contribution < -0.4 is 33.2 Å². The van der Waals surface area contributed by atoms with Gasteiger partial charge in [0, 0.05) is 12.8 Å². The Morgan fingerprint density at radius 3 is 1.76 bits per heavy atom. The van der Waals surface area contributed by atoms with Gasteiger partial charge in [-0.3, -0.25) is 24.0 Å². The van der Waals surface area contributed by atoms with Gasteiger partial charge < -0.3 is 48.5 Å². The van der Waals surface area contributed by atoms with Gasteiger partial charge in [0.05, 0.1) is 12.6 Å². The molecule has 4 amide bonds. The van der Waals surface area contributed by atoms with E-state index in [-0.39, 0.29) is 12.8 Å². The Labute approximate surface area is 195 Å². The maximum atomic E-state index is 12.6. The number of rotatable bonds is 18. The van der Waals surface area contributed by atoms with Gasteiger partial charge in [-0.1, -0.05) is 6.42 Å². The van der Waals surface area contributed by atoms with Crippen LogP contribution in [0.2, 0.25) is 0 Å². The standard InChI is InChI=1S/C19H34N6O9/c20-8-2-1-3-10(21)16(30)25-13(9-26)18(32)23-11(4-6-14(22)27)17(31)24-12(19(33)34)5-7-15(28)29/h10-13,26H,1-9,20-21H2,(H2,22,27)(H,23,32)(H,24,31)(H,25,30)(H,28,29)(H,33,34). The van der Waals surface area contributed by atoms with Crippen LogP contribution in [0.25, 0.3) is 0 Å². The number of nitrogens with two attached hydrogens (primary N) is 3. The summed E-state index contributed by atoms with van der Waals surface area (Å²) >= 11 is 0. The number of aliphatic hydroxyl groups excluding tert-OH is 1. The molecule has 34 heavy (non-hydrogen) atoms. The zero-order chi connectivity index (χ0) is 26.3. The molecule has 4 unspecified atom stereocenters. The van der Waals surface area contributed by atoms with Crippen LogP contribution in [0.15, 0.2) is 0 Å². The topological polar surface area (TPSA) is 277 Å². The first kappa shape index (κ1) is 30.7. The van der Waals surface area contributed by atoms with Crippen LogP contribution in [0.1, 0.15) is 44.9 Å². The quantitative estimate of drug-likeness (QED) is 0.0837. The summed E-state index contributed by atoms with van der Waals surface area (Å²) in [7, 11) is 0. The third-order valence-corrected chi connectivity index (χ3v) is 4.70. The average molecular weight is 491 g/mol. The van der Waals surface area contributed by atoms with E-state index < -0.39 is 79.2 Å². The van der Waals surface area contributed by atoms with Crippen molar-refractivity contribution in [3.8, 4) is 0 Å². The summed E-state index contributed by atoms with van der Waals surface area (Å²) in [6.07, 6.45) is -0.131. The second-order valence-electron chi connectivity index (χ2n) is 7.53. The van der Waals surface area contributed by atoms with Gasteiger partial charge in [-0.25, -0.2) is 4.79 Å². The van der Waals surface area contributed by atoms with Crippen LogP contribution in [0.4, 0.5) is 0 Å². The molecule has 0 saturated carbocycles. The third kappa shape index (κ3) is 12.7. The van der Waals surface area contributed by atoms with Gasteiger partial charge in [-0.05, 0) is 32.2 Å². The number of unbranched alkanes of at least 4 members (excludes halogenated alkanes) is 1. The second-order valence-corrected chi connectivity index (χ2v) is 7.53. The van der Waals surface area contributed by atoms with Gasteiger partial charge in [-0.15, -0.1) is 0 Å². The van der Waals surface area contributed by atoms with E-state index >= 15 is 0 Å². The maximum absolute atomic E-state index is 12.6. The fourth-order valence-electron chi connectivity index (χ4n) is 2.74. The lowest BCUT2D eigenvalue weighted by Gasteiger charge is -2.24. The summed E-state index contributed by atoms with van der Waals surface area (Å²) < 4.78 is 0. The number of hydrogen-bond donors (Lipinski definition) is 9. The Hall–Kier alpha value is -3.30. The minimum absolute atomic E-state index is 0.291. The molecule has 194 valence electrons. The molecule has 0 aliphatic carbocycles. The summed E-state index contributed by atoms with van der Waals surface area (Å²) in [5, 5.41) is 34.0. The molecule has 0 aromatic heterocycles. The smallest absolute Gasteiger partial charge is 0.326 e. The second kappa shape index (κ2) is 16.3. The molecule has 0 saturated heterocycles. The molecule has 0 aromatic rings. The summed E-state index contributed by atoms with van der Waals surface area (Å²) in [6, 6.07) is -5.49. The lowest BCUT2D eigenvalue weighted by atomic mass is 10.1. The fourth-order valence-corrected chi connectivity index (χ4v) is 2.74. The Kier molecular flexibility index (Phi) is 14.7. The van der Waals surface area contributed by atoms with Crippen molar-refractivity contribution in [2.45, 2.75) is 69.1 Å². The average Bonchev–Trinajstić information content (AvgIpc) is 2.76. The van der Waals surface area contributed by atoms with E-state index in [0.29, 0.717) is 25.8 Å². The lowest BCUT2D eigenvalue weighted by molar-refractivity contribution is -0.143. The van der Waals surface area contributed by atoms with Gasteiger partial charge in [0.15, 0.2) is 0 Å². The fraction of sp³-hybridized carbons (Fsp3) is 0.684. The first-order valence-corrected chi connectivity index (χ1v) is 10.6. The Bertz CT molecular complexity index is 733. The van der Waals surface area contributed by atoms with E-state index in [4.69, 9.17) is 22.3 Å². The first-order chi connectivity index (χ1) is 15.9.